The molecule has 7 atom stereocenters. The second kappa shape index (κ2) is 22.5. The van der Waals surface area contributed by atoms with Crippen molar-refractivity contribution < 1.29 is 33.5 Å². The van der Waals surface area contributed by atoms with Crippen molar-refractivity contribution in [2.45, 2.75) is 106 Å². The molecule has 6 aliphatic rings. The van der Waals surface area contributed by atoms with Gasteiger partial charge in [-0.15, -0.1) is 0 Å². The van der Waals surface area contributed by atoms with Gasteiger partial charge >= 0.3 is 0 Å². The Morgan fingerprint density at radius 3 is 1.28 bits per heavy atom. The van der Waals surface area contributed by atoms with Crippen LogP contribution in [0, 0.1) is 0 Å². The minimum atomic E-state index is -0.873. The Morgan fingerprint density at radius 1 is 0.422 bits per heavy atom. The maximum atomic E-state index is 11.7. The minimum Gasteiger partial charge on any atom is -0.491 e. The molecule has 2 heterocycles. The van der Waals surface area contributed by atoms with Gasteiger partial charge in [0.1, 0.15) is 43.0 Å². The van der Waals surface area contributed by atoms with Crippen molar-refractivity contribution in [3.63, 3.8) is 0 Å². The van der Waals surface area contributed by atoms with Crippen molar-refractivity contribution >= 4 is 0 Å². The lowest BCUT2D eigenvalue weighted by molar-refractivity contribution is -0.0717. The van der Waals surface area contributed by atoms with Crippen LogP contribution in [0.4, 0.5) is 0 Å². The van der Waals surface area contributed by atoms with E-state index < -0.39 is 28.1 Å². The second-order valence-electron chi connectivity index (χ2n) is 27.0. The SMILES string of the molecule is CC(C)(OCC(O)COc1ccc(C2(c3ccc(C(C)(C)OCC4CO4)cc3)CC(c3ccccc3)c3cc4c(cc32)Cc2ccccc2-4)cc1)c1ccc(C2(c3ccc(OCC4CO4)cc3)CC(c3ccccc3)c3cc4c(cc32)Cc2ccccc2-4)cc1. The van der Waals surface area contributed by atoms with E-state index in [0.29, 0.717) is 19.0 Å². The van der Waals surface area contributed by atoms with Crippen LogP contribution in [0.1, 0.15) is 141 Å². The van der Waals surface area contributed by atoms with Gasteiger partial charge in [0.15, 0.2) is 0 Å². The summed E-state index contributed by atoms with van der Waals surface area (Å²) in [5, 5.41) is 11.7. The highest BCUT2D eigenvalue weighted by Crippen LogP contribution is 2.60. The normalized spacial score (nSPS) is 21.8. The van der Waals surface area contributed by atoms with E-state index in [2.05, 4.69) is 258 Å². The average molecular weight is 1190 g/mol. The zero-order valence-electron chi connectivity index (χ0n) is 51.8. The summed E-state index contributed by atoms with van der Waals surface area (Å²) >= 11 is 0. The second-order valence-corrected chi connectivity index (χ2v) is 27.0. The lowest BCUT2D eigenvalue weighted by Gasteiger charge is -2.34. The van der Waals surface area contributed by atoms with Crippen molar-refractivity contribution in [2.24, 2.45) is 0 Å². The van der Waals surface area contributed by atoms with E-state index in [0.717, 1.165) is 55.8 Å². The van der Waals surface area contributed by atoms with Crippen LogP contribution in [-0.2, 0) is 53.8 Å². The van der Waals surface area contributed by atoms with Gasteiger partial charge in [-0.3, -0.25) is 0 Å². The predicted octanol–water partition coefficient (Wildman–Crippen LogP) is 16.7. The number of hydrogen-bond acceptors (Lipinski definition) is 7. The first-order valence-corrected chi connectivity index (χ1v) is 32.4. The molecule has 0 spiro atoms. The van der Waals surface area contributed by atoms with Crippen LogP contribution in [0.25, 0.3) is 22.3 Å². The summed E-state index contributed by atoms with van der Waals surface area (Å²) in [6, 6.07) is 85.7. The van der Waals surface area contributed by atoms with Gasteiger partial charge in [0.05, 0.1) is 37.6 Å². The number of benzene rings is 10. The molecule has 0 bridgehead atoms. The largest absolute Gasteiger partial charge is 0.491 e. The molecule has 1 N–H and O–H groups in total. The molecule has 10 aromatic carbocycles. The fraction of sp³-hybridized carbons (Fsp3) is 0.277. The predicted molar refractivity (Wildman–Crippen MR) is 355 cm³/mol. The Hall–Kier alpha value is -8.40. The molecule has 90 heavy (non-hydrogen) atoms. The number of aliphatic hydroxyl groups excluding tert-OH is 1. The van der Waals surface area contributed by atoms with Crippen molar-refractivity contribution in [2.75, 3.05) is 39.6 Å². The highest BCUT2D eigenvalue weighted by Gasteiger charge is 2.50. The molecule has 2 fully saturated rings. The summed E-state index contributed by atoms with van der Waals surface area (Å²) in [5.74, 6) is 1.88. The Kier molecular flexibility index (Phi) is 14.2. The van der Waals surface area contributed by atoms with Gasteiger partial charge < -0.3 is 33.5 Å². The molecule has 0 amide bonds. The van der Waals surface area contributed by atoms with Gasteiger partial charge in [0.2, 0.25) is 0 Å². The maximum absolute atomic E-state index is 11.7. The summed E-state index contributed by atoms with van der Waals surface area (Å²) in [4.78, 5) is 0. The molecule has 7 nitrogen and oxygen atoms in total. The molecule has 0 aromatic heterocycles. The Labute approximate surface area is 529 Å². The third-order valence-corrected chi connectivity index (χ3v) is 20.8. The topological polar surface area (TPSA) is 82.2 Å². The van der Waals surface area contributed by atoms with Gasteiger partial charge in [-0.25, -0.2) is 0 Å². The van der Waals surface area contributed by atoms with E-state index in [1.165, 1.54) is 100 Å². The first-order chi connectivity index (χ1) is 43.9. The molecule has 450 valence electrons. The highest BCUT2D eigenvalue weighted by atomic mass is 16.6. The number of rotatable bonds is 20. The fourth-order valence-electron chi connectivity index (χ4n) is 15.7. The lowest BCUT2D eigenvalue weighted by Crippen LogP contribution is -2.31. The van der Waals surface area contributed by atoms with E-state index in [9.17, 15) is 5.11 Å². The number of fused-ring (bicyclic) bond motifs is 8. The summed E-state index contributed by atoms with van der Waals surface area (Å²) in [5.41, 5.74) is 23.9. The molecule has 0 radical (unpaired) electrons. The number of aliphatic hydroxyl groups is 1. The zero-order valence-corrected chi connectivity index (χ0v) is 51.8. The van der Waals surface area contributed by atoms with Crippen molar-refractivity contribution in [3.8, 4) is 33.8 Å². The maximum Gasteiger partial charge on any atom is 0.119 e. The van der Waals surface area contributed by atoms with E-state index in [1.807, 2.05) is 0 Å². The van der Waals surface area contributed by atoms with Gasteiger partial charge in [-0.05, 0) is 201 Å². The molecule has 10 aromatic rings. The smallest absolute Gasteiger partial charge is 0.119 e. The quantitative estimate of drug-likeness (QED) is 0.0761. The van der Waals surface area contributed by atoms with Crippen LogP contribution < -0.4 is 9.47 Å². The van der Waals surface area contributed by atoms with Crippen LogP contribution in [0.15, 0.2) is 231 Å². The van der Waals surface area contributed by atoms with Crippen molar-refractivity contribution in [1.82, 2.24) is 0 Å². The summed E-state index contributed by atoms with van der Waals surface area (Å²) in [6.45, 7) is 11.3. The molecule has 0 saturated carbocycles. The first kappa shape index (κ1) is 56.8. The van der Waals surface area contributed by atoms with Gasteiger partial charge in [0.25, 0.3) is 0 Å². The standard InChI is InChI=1S/C83H76O7/c1-80(2,59-23-27-61(28-24-59)83(64-33-37-67(38-34-64)86-49-68-50-87-68)46-77(54-17-9-6-10-18-54)75-44-73-58(42-79(75)83)40-56-20-12-14-22-71(56)73)89-48-65(84)47-85-66-35-31-63(32-36-66)82(62-29-25-60(26-30-62)81(3,4)90-52-69-51-88-69)45-76(53-15-7-5-8-16-53)74-43-72-57(41-78(74)82)39-55-19-11-13-21-70(55)72/h5-38,41-44,65,68-69,76-77,84H,39-40,45-52H2,1-4H3. The van der Waals surface area contributed by atoms with Gasteiger partial charge in [-0.1, -0.05) is 194 Å². The first-order valence-electron chi connectivity index (χ1n) is 32.4. The van der Waals surface area contributed by atoms with Crippen LogP contribution in [0.5, 0.6) is 11.5 Å². The van der Waals surface area contributed by atoms with Crippen molar-refractivity contribution in [1.29, 1.82) is 0 Å². The molecule has 2 saturated heterocycles. The summed E-state index contributed by atoms with van der Waals surface area (Å²) in [6.07, 6.45) is 3.07. The Bertz CT molecular complexity index is 4280. The lowest BCUT2D eigenvalue weighted by atomic mass is 9.69. The molecule has 7 unspecified atom stereocenters. The van der Waals surface area contributed by atoms with Crippen molar-refractivity contribution in [3.05, 3.63) is 320 Å². The molecular weight excluding hydrogens is 1110 g/mol. The molecular formula is C83H76O7. The molecule has 7 heteroatoms. The monoisotopic (exact) mass is 1180 g/mol. The van der Waals surface area contributed by atoms with E-state index in [1.54, 1.807) is 0 Å². The minimum absolute atomic E-state index is 0.0782. The average Bonchev–Trinajstić information content (AvgIpc) is 1.55. The zero-order chi connectivity index (χ0) is 60.8. The molecule has 4 aliphatic carbocycles. The van der Waals surface area contributed by atoms with E-state index in [4.69, 9.17) is 28.4 Å². The van der Waals surface area contributed by atoms with E-state index >= 15 is 0 Å². The number of epoxide rings is 2. The summed E-state index contributed by atoms with van der Waals surface area (Å²) in [7, 11) is 0. The highest BCUT2D eigenvalue weighted by molar-refractivity contribution is 5.81. The Balaban J connectivity index is 0.664. The molecule has 2 aliphatic heterocycles. The van der Waals surface area contributed by atoms with Gasteiger partial charge in [-0.2, -0.15) is 0 Å². The van der Waals surface area contributed by atoms with E-state index in [-0.39, 0.29) is 37.3 Å². The third-order valence-electron chi connectivity index (χ3n) is 20.8. The fourth-order valence-corrected chi connectivity index (χ4v) is 15.7. The number of hydrogen-bond donors (Lipinski definition) is 1. The van der Waals surface area contributed by atoms with Crippen LogP contribution in [0.3, 0.4) is 0 Å². The van der Waals surface area contributed by atoms with Crippen LogP contribution in [-0.4, -0.2) is 63.1 Å². The van der Waals surface area contributed by atoms with Gasteiger partial charge in [0, 0.05) is 22.7 Å². The number of ether oxygens (including phenoxy) is 6. The third kappa shape index (κ3) is 10.2. The summed E-state index contributed by atoms with van der Waals surface area (Å²) < 4.78 is 36.8. The van der Waals surface area contributed by atoms with Crippen LogP contribution in [0.2, 0.25) is 0 Å². The Morgan fingerprint density at radius 2 is 0.822 bits per heavy atom. The molecule has 16 rings (SSSR count). The van der Waals surface area contributed by atoms with Crippen LogP contribution >= 0.6 is 0 Å².